The van der Waals surface area contributed by atoms with Gasteiger partial charge in [0.25, 0.3) is 0 Å². The Morgan fingerprint density at radius 1 is 1.41 bits per heavy atom. The highest BCUT2D eigenvalue weighted by atomic mass is 19.4. The van der Waals surface area contributed by atoms with Crippen LogP contribution in [0.4, 0.5) is 18.9 Å². The molecule has 0 aromatic heterocycles. The molecule has 0 aliphatic rings. The molecular weight excluding hydrogens is 239 g/mol. The Morgan fingerprint density at radius 3 is 2.59 bits per heavy atom. The summed E-state index contributed by atoms with van der Waals surface area (Å²) in [4.78, 5) is 11.1. The summed E-state index contributed by atoms with van der Waals surface area (Å²) in [6.45, 7) is -1.47. The van der Waals surface area contributed by atoms with Gasteiger partial charge in [-0.1, -0.05) is 0 Å². The van der Waals surface area contributed by atoms with Crippen LogP contribution in [0.15, 0.2) is 18.2 Å². The van der Waals surface area contributed by atoms with Gasteiger partial charge in [0.1, 0.15) is 5.75 Å². The number of ether oxygens (including phenoxy) is 2. The molecule has 0 heterocycles. The van der Waals surface area contributed by atoms with Crippen LogP contribution in [-0.2, 0) is 4.74 Å². The third-order valence-corrected chi connectivity index (χ3v) is 1.83. The van der Waals surface area contributed by atoms with Gasteiger partial charge in [0.05, 0.1) is 18.4 Å². The Hall–Kier alpha value is -1.92. The minimum atomic E-state index is -4.46. The second kappa shape index (κ2) is 4.94. The minimum absolute atomic E-state index is 0.0157. The lowest BCUT2D eigenvalue weighted by Crippen LogP contribution is -2.19. The number of rotatable bonds is 3. The Labute approximate surface area is 95.1 Å². The lowest BCUT2D eigenvalue weighted by molar-refractivity contribution is -0.153. The molecule has 17 heavy (non-hydrogen) atoms. The van der Waals surface area contributed by atoms with E-state index in [9.17, 15) is 18.0 Å². The fraction of sp³-hybridized carbons (Fsp3) is 0.300. The van der Waals surface area contributed by atoms with Crippen LogP contribution in [0, 0.1) is 0 Å². The van der Waals surface area contributed by atoms with Crippen molar-refractivity contribution in [1.29, 1.82) is 0 Å². The molecule has 4 nitrogen and oxygen atoms in total. The highest BCUT2D eigenvalue weighted by Crippen LogP contribution is 2.25. The summed E-state index contributed by atoms with van der Waals surface area (Å²) in [5, 5.41) is 0. The van der Waals surface area contributed by atoms with Gasteiger partial charge < -0.3 is 15.2 Å². The summed E-state index contributed by atoms with van der Waals surface area (Å²) in [5.74, 6) is -0.882. The van der Waals surface area contributed by atoms with Crippen molar-refractivity contribution >= 4 is 11.7 Å². The number of alkyl halides is 3. The monoisotopic (exact) mass is 249 g/mol. The third-order valence-electron chi connectivity index (χ3n) is 1.83. The van der Waals surface area contributed by atoms with E-state index in [4.69, 9.17) is 5.73 Å². The van der Waals surface area contributed by atoms with Gasteiger partial charge in [-0.15, -0.1) is 0 Å². The highest BCUT2D eigenvalue weighted by Gasteiger charge is 2.28. The number of hydrogen-bond acceptors (Lipinski definition) is 4. The molecular formula is C10H10F3NO3. The predicted molar refractivity (Wildman–Crippen MR) is 53.7 cm³/mol. The van der Waals surface area contributed by atoms with Crippen molar-refractivity contribution in [3.05, 3.63) is 23.8 Å². The Kier molecular flexibility index (Phi) is 3.82. The molecule has 0 aliphatic carbocycles. The first-order valence-corrected chi connectivity index (χ1v) is 4.51. The zero-order valence-corrected chi connectivity index (χ0v) is 8.88. The summed E-state index contributed by atoms with van der Waals surface area (Å²) < 4.78 is 44.7. The van der Waals surface area contributed by atoms with E-state index in [1.807, 2.05) is 0 Å². The average molecular weight is 249 g/mol. The topological polar surface area (TPSA) is 61.5 Å². The number of carbonyl (C=O) groups is 1. The number of methoxy groups -OCH3 is 1. The number of esters is 1. The van der Waals surface area contributed by atoms with Crippen LogP contribution in [0.25, 0.3) is 0 Å². The van der Waals surface area contributed by atoms with E-state index in [1.165, 1.54) is 12.1 Å². The number of halogens is 3. The van der Waals surface area contributed by atoms with Crippen molar-refractivity contribution in [1.82, 2.24) is 0 Å². The second-order valence-electron chi connectivity index (χ2n) is 3.15. The summed E-state index contributed by atoms with van der Waals surface area (Å²) in [5.41, 5.74) is 5.50. The number of hydrogen-bond donors (Lipinski definition) is 1. The summed E-state index contributed by atoms with van der Waals surface area (Å²) >= 11 is 0. The molecule has 0 spiro atoms. The highest BCUT2D eigenvalue weighted by molar-refractivity contribution is 5.90. The van der Waals surface area contributed by atoms with E-state index in [0.29, 0.717) is 0 Å². The molecule has 0 aliphatic heterocycles. The number of anilines is 1. The molecule has 0 saturated heterocycles. The Bertz CT molecular complexity index is 418. The van der Waals surface area contributed by atoms with Crippen molar-refractivity contribution in [3.8, 4) is 5.75 Å². The van der Waals surface area contributed by atoms with E-state index < -0.39 is 18.8 Å². The first-order chi connectivity index (χ1) is 7.83. The molecule has 7 heteroatoms. The second-order valence-corrected chi connectivity index (χ2v) is 3.15. The molecule has 1 aromatic rings. The van der Waals surface area contributed by atoms with E-state index >= 15 is 0 Å². The maximum atomic E-state index is 11.9. The average Bonchev–Trinajstić information content (AvgIpc) is 2.26. The minimum Gasteiger partial charge on any atom is -0.482 e. The number of carbonyl (C=O) groups excluding carboxylic acids is 1. The quantitative estimate of drug-likeness (QED) is 0.657. The van der Waals surface area contributed by atoms with Crippen molar-refractivity contribution in [3.63, 3.8) is 0 Å². The van der Waals surface area contributed by atoms with Crippen LogP contribution in [0.2, 0.25) is 0 Å². The molecule has 0 amide bonds. The molecule has 0 atom stereocenters. The maximum absolute atomic E-state index is 11.9. The fourth-order valence-corrected chi connectivity index (χ4v) is 1.06. The maximum Gasteiger partial charge on any atom is 0.422 e. The molecule has 2 N–H and O–H groups in total. The van der Waals surface area contributed by atoms with Crippen molar-refractivity contribution in [2.24, 2.45) is 0 Å². The Balaban J connectivity index is 2.87. The van der Waals surface area contributed by atoms with Gasteiger partial charge in [0.2, 0.25) is 0 Å². The van der Waals surface area contributed by atoms with Crippen LogP contribution in [-0.4, -0.2) is 25.9 Å². The third kappa shape index (κ3) is 3.86. The summed E-state index contributed by atoms with van der Waals surface area (Å²) in [6, 6.07) is 3.71. The summed E-state index contributed by atoms with van der Waals surface area (Å²) in [7, 11) is 1.16. The Morgan fingerprint density at radius 2 is 2.06 bits per heavy atom. The van der Waals surface area contributed by atoms with E-state index in [0.717, 1.165) is 13.2 Å². The smallest absolute Gasteiger partial charge is 0.422 e. The van der Waals surface area contributed by atoms with Gasteiger partial charge in [-0.05, 0) is 18.2 Å². The van der Waals surface area contributed by atoms with Crippen molar-refractivity contribution in [2.45, 2.75) is 6.18 Å². The molecule has 0 radical (unpaired) electrons. The van der Waals surface area contributed by atoms with Gasteiger partial charge in [-0.3, -0.25) is 0 Å². The van der Waals surface area contributed by atoms with Crippen LogP contribution in [0.1, 0.15) is 10.4 Å². The standard InChI is InChI=1S/C10H10F3NO3/c1-16-9(15)6-2-3-7(14)8(4-6)17-5-10(11,12)13/h2-4H,5,14H2,1H3. The lowest BCUT2D eigenvalue weighted by Gasteiger charge is -2.11. The molecule has 0 fully saturated rings. The van der Waals surface area contributed by atoms with Gasteiger partial charge in [-0.25, -0.2) is 4.79 Å². The van der Waals surface area contributed by atoms with Crippen molar-refractivity contribution < 1.29 is 27.4 Å². The molecule has 1 rings (SSSR count). The molecule has 94 valence electrons. The number of nitrogen functional groups attached to an aromatic ring is 1. The van der Waals surface area contributed by atoms with Gasteiger partial charge in [-0.2, -0.15) is 13.2 Å². The van der Waals surface area contributed by atoms with E-state index in [2.05, 4.69) is 9.47 Å². The largest absolute Gasteiger partial charge is 0.482 e. The molecule has 0 bridgehead atoms. The molecule has 0 unspecified atom stereocenters. The lowest BCUT2D eigenvalue weighted by atomic mass is 10.2. The van der Waals surface area contributed by atoms with Crippen LogP contribution in [0.3, 0.4) is 0 Å². The zero-order chi connectivity index (χ0) is 13.1. The zero-order valence-electron chi connectivity index (χ0n) is 8.88. The van der Waals surface area contributed by atoms with E-state index in [1.54, 1.807) is 0 Å². The fourth-order valence-electron chi connectivity index (χ4n) is 1.06. The van der Waals surface area contributed by atoms with E-state index in [-0.39, 0.29) is 17.0 Å². The predicted octanol–water partition coefficient (Wildman–Crippen LogP) is 2.00. The normalized spacial score (nSPS) is 11.1. The number of benzene rings is 1. The molecule has 0 saturated carbocycles. The first kappa shape index (κ1) is 13.1. The van der Waals surface area contributed by atoms with Gasteiger partial charge >= 0.3 is 12.1 Å². The van der Waals surface area contributed by atoms with Crippen molar-refractivity contribution in [2.75, 3.05) is 19.5 Å². The molecule has 1 aromatic carbocycles. The summed E-state index contributed by atoms with van der Waals surface area (Å²) in [6.07, 6.45) is -4.46. The number of nitrogens with two attached hydrogens (primary N) is 1. The first-order valence-electron chi connectivity index (χ1n) is 4.51. The van der Waals surface area contributed by atoms with Crippen LogP contribution in [0.5, 0.6) is 5.75 Å². The van der Waals surface area contributed by atoms with Crippen LogP contribution >= 0.6 is 0 Å². The van der Waals surface area contributed by atoms with Crippen LogP contribution < -0.4 is 10.5 Å². The SMILES string of the molecule is COC(=O)c1ccc(N)c(OCC(F)(F)F)c1. The van der Waals surface area contributed by atoms with Gasteiger partial charge in [0.15, 0.2) is 6.61 Å². The van der Waals surface area contributed by atoms with Gasteiger partial charge in [0, 0.05) is 0 Å².